The molecule has 9 heteroatoms. The van der Waals surface area contributed by atoms with Crippen molar-refractivity contribution in [1.82, 2.24) is 0 Å². The Morgan fingerprint density at radius 1 is 0.514 bits per heavy atom. The molecule has 0 aliphatic heterocycles. The molecule has 0 saturated heterocycles. The second kappa shape index (κ2) is 12.7. The smallest absolute Gasteiger partial charge is 0.545 e. The fraction of sp³-hybridized carbons (Fsp3) is 0. The zero-order chi connectivity index (χ0) is 24.5. The Balaban J connectivity index is 0.000000240. The molecule has 0 aromatic heterocycles. The fourth-order valence-electron chi connectivity index (χ4n) is 3.05. The van der Waals surface area contributed by atoms with Crippen molar-refractivity contribution in [2.24, 2.45) is 0 Å². The van der Waals surface area contributed by atoms with Crippen LogP contribution in [0, 0.1) is 0 Å². The number of carboxylic acids is 2. The van der Waals surface area contributed by atoms with Crippen LogP contribution in [0.1, 0.15) is 20.7 Å². The summed E-state index contributed by atoms with van der Waals surface area (Å²) in [6, 6.07) is 27.4. The van der Waals surface area contributed by atoms with E-state index in [4.69, 9.17) is 11.5 Å². The van der Waals surface area contributed by atoms with Crippen molar-refractivity contribution >= 4 is 46.1 Å². The Morgan fingerprint density at radius 3 is 1.11 bits per heavy atom. The van der Waals surface area contributed by atoms with Gasteiger partial charge in [0.1, 0.15) is 0 Å². The van der Waals surface area contributed by atoms with Gasteiger partial charge in [-0.05, 0) is 36.4 Å². The van der Waals surface area contributed by atoms with E-state index in [1.165, 1.54) is 12.1 Å². The SMILES string of the molecule is Nc1ccccc1Nc1ccccc1C(=O)[O-].Nc1ccccc1Nc1ccccc1C(=O)[O-].[Ni+2]. The number of carboxylic acid groups (broad SMARTS) is 2. The summed E-state index contributed by atoms with van der Waals surface area (Å²) < 4.78 is 0. The number of hydrogen-bond acceptors (Lipinski definition) is 8. The summed E-state index contributed by atoms with van der Waals surface area (Å²) in [6.45, 7) is 0. The third-order valence-electron chi connectivity index (χ3n) is 4.75. The second-order valence-corrected chi connectivity index (χ2v) is 7.09. The number of benzene rings is 4. The molecule has 0 unspecified atom stereocenters. The van der Waals surface area contributed by atoms with Crippen LogP contribution in [0.4, 0.5) is 34.1 Å². The second-order valence-electron chi connectivity index (χ2n) is 7.09. The molecule has 0 heterocycles. The summed E-state index contributed by atoms with van der Waals surface area (Å²) in [5.74, 6) is -2.44. The van der Waals surface area contributed by atoms with Crippen molar-refractivity contribution in [2.75, 3.05) is 22.1 Å². The molecule has 4 aromatic rings. The number of rotatable bonds is 6. The number of para-hydroxylation sites is 6. The van der Waals surface area contributed by atoms with Crippen molar-refractivity contribution in [3.8, 4) is 0 Å². The predicted molar refractivity (Wildman–Crippen MR) is 130 cm³/mol. The van der Waals surface area contributed by atoms with E-state index in [0.29, 0.717) is 34.1 Å². The maximum absolute atomic E-state index is 10.9. The van der Waals surface area contributed by atoms with E-state index in [1.54, 1.807) is 60.7 Å². The molecule has 0 bridgehead atoms. The van der Waals surface area contributed by atoms with Crippen LogP contribution in [0.3, 0.4) is 0 Å². The molecule has 0 aliphatic rings. The van der Waals surface area contributed by atoms with Gasteiger partial charge in [0, 0.05) is 22.5 Å². The van der Waals surface area contributed by atoms with Crippen LogP contribution in [0.2, 0.25) is 0 Å². The van der Waals surface area contributed by atoms with Gasteiger partial charge in [-0.15, -0.1) is 0 Å². The minimum atomic E-state index is -1.22. The third-order valence-corrected chi connectivity index (χ3v) is 4.75. The van der Waals surface area contributed by atoms with Crippen LogP contribution < -0.4 is 32.3 Å². The van der Waals surface area contributed by atoms with Crippen LogP contribution in [0.5, 0.6) is 0 Å². The molecular weight excluding hydrogens is 491 g/mol. The standard InChI is InChI=1S/2C13H12N2O2.Ni/c2*14-10-6-2-4-8-12(10)15-11-7-3-1-5-9(11)13(16)17;/h2*1-8,15H,14H2,(H,16,17);/q;;+2/p-2. The number of nitrogens with one attached hydrogen (secondary N) is 2. The quantitative estimate of drug-likeness (QED) is 0.227. The summed E-state index contributed by atoms with van der Waals surface area (Å²) in [4.78, 5) is 21.8. The molecule has 4 aromatic carbocycles. The summed E-state index contributed by atoms with van der Waals surface area (Å²) in [6.07, 6.45) is 0. The summed E-state index contributed by atoms with van der Waals surface area (Å²) in [5, 5.41) is 27.8. The van der Waals surface area contributed by atoms with Crippen molar-refractivity contribution < 1.29 is 36.3 Å². The monoisotopic (exact) mass is 512 g/mol. The Morgan fingerprint density at radius 2 is 0.800 bits per heavy atom. The number of aromatic carboxylic acids is 2. The van der Waals surface area contributed by atoms with Crippen molar-refractivity contribution in [1.29, 1.82) is 0 Å². The fourth-order valence-corrected chi connectivity index (χ4v) is 3.05. The average Bonchev–Trinajstić information content (AvgIpc) is 2.83. The van der Waals surface area contributed by atoms with E-state index < -0.39 is 11.9 Å². The molecule has 0 aliphatic carbocycles. The van der Waals surface area contributed by atoms with Gasteiger partial charge in [0.25, 0.3) is 0 Å². The van der Waals surface area contributed by atoms with Gasteiger partial charge in [0.05, 0.1) is 34.7 Å². The number of carbonyl (C=O) groups excluding carboxylic acids is 2. The normalized spacial score (nSPS) is 9.60. The molecule has 0 saturated carbocycles. The van der Waals surface area contributed by atoms with Gasteiger partial charge in [0.2, 0.25) is 0 Å². The van der Waals surface area contributed by atoms with Crippen LogP contribution in [-0.4, -0.2) is 11.9 Å². The minimum Gasteiger partial charge on any atom is -0.545 e. The van der Waals surface area contributed by atoms with Gasteiger partial charge >= 0.3 is 16.5 Å². The molecule has 4 rings (SSSR count). The topological polar surface area (TPSA) is 156 Å². The van der Waals surface area contributed by atoms with Gasteiger partial charge in [-0.2, -0.15) is 0 Å². The Bertz CT molecular complexity index is 1210. The van der Waals surface area contributed by atoms with Crippen molar-refractivity contribution in [3.63, 3.8) is 0 Å². The van der Waals surface area contributed by atoms with Gasteiger partial charge in [-0.3, -0.25) is 0 Å². The zero-order valence-electron chi connectivity index (χ0n) is 18.3. The van der Waals surface area contributed by atoms with Gasteiger partial charge in [-0.25, -0.2) is 0 Å². The van der Waals surface area contributed by atoms with Crippen molar-refractivity contribution in [3.05, 3.63) is 108 Å². The van der Waals surface area contributed by atoms with Crippen LogP contribution in [0.25, 0.3) is 0 Å². The van der Waals surface area contributed by atoms with E-state index in [9.17, 15) is 19.8 Å². The van der Waals surface area contributed by atoms with Crippen molar-refractivity contribution in [2.45, 2.75) is 0 Å². The molecule has 6 N–H and O–H groups in total. The maximum atomic E-state index is 10.9. The van der Waals surface area contributed by atoms with E-state index in [1.807, 2.05) is 24.3 Å². The summed E-state index contributed by atoms with van der Waals surface area (Å²) in [5.41, 5.74) is 15.1. The van der Waals surface area contributed by atoms with Gasteiger partial charge < -0.3 is 41.9 Å². The average molecular weight is 513 g/mol. The molecule has 180 valence electrons. The molecular formula is C26H22N4NiO4. The molecule has 0 atom stereocenters. The van der Waals surface area contributed by atoms with Gasteiger partial charge in [-0.1, -0.05) is 60.7 Å². The molecule has 0 fully saturated rings. The summed E-state index contributed by atoms with van der Waals surface area (Å²) >= 11 is 0. The molecule has 0 amide bonds. The number of carbonyl (C=O) groups is 2. The van der Waals surface area contributed by atoms with E-state index in [-0.39, 0.29) is 27.6 Å². The molecule has 35 heavy (non-hydrogen) atoms. The molecule has 8 nitrogen and oxygen atoms in total. The first-order valence-corrected chi connectivity index (χ1v) is 10.2. The van der Waals surface area contributed by atoms with Gasteiger partial charge in [0.15, 0.2) is 0 Å². The molecule has 0 radical (unpaired) electrons. The predicted octanol–water partition coefficient (Wildman–Crippen LogP) is 2.75. The Labute approximate surface area is 212 Å². The van der Waals surface area contributed by atoms with E-state index in [0.717, 1.165) is 0 Å². The Hall–Kier alpha value is -4.49. The molecule has 0 spiro atoms. The maximum Gasteiger partial charge on any atom is 2.00 e. The van der Waals surface area contributed by atoms with Crippen LogP contribution in [0.15, 0.2) is 97.1 Å². The van der Waals surface area contributed by atoms with Crippen LogP contribution >= 0.6 is 0 Å². The third kappa shape index (κ3) is 7.25. The number of nitrogen functional groups attached to an aromatic ring is 2. The van der Waals surface area contributed by atoms with E-state index in [2.05, 4.69) is 10.6 Å². The largest absolute Gasteiger partial charge is 2.00 e. The number of hydrogen-bond donors (Lipinski definition) is 4. The number of anilines is 6. The van der Waals surface area contributed by atoms with Crippen LogP contribution in [-0.2, 0) is 16.5 Å². The first-order valence-electron chi connectivity index (χ1n) is 10.2. The first-order chi connectivity index (χ1) is 16.4. The minimum absolute atomic E-state index is 0. The Kier molecular flexibility index (Phi) is 9.69. The first kappa shape index (κ1) is 26.8. The number of nitrogens with two attached hydrogens (primary N) is 2. The van der Waals surface area contributed by atoms with E-state index >= 15 is 0 Å². The zero-order valence-corrected chi connectivity index (χ0v) is 19.3. The summed E-state index contributed by atoms with van der Waals surface area (Å²) in [7, 11) is 0.